The van der Waals surface area contributed by atoms with Gasteiger partial charge in [0.15, 0.2) is 5.78 Å². The summed E-state index contributed by atoms with van der Waals surface area (Å²) in [6, 6.07) is 18.7. The third kappa shape index (κ3) is 3.30. The number of allylic oxidation sites excluding steroid dienone is 1. The number of hydrogen-bond acceptors (Lipinski definition) is 4. The maximum absolute atomic E-state index is 13.8. The molecule has 152 valence electrons. The van der Waals surface area contributed by atoms with Gasteiger partial charge in [-0.25, -0.2) is 0 Å². The summed E-state index contributed by atoms with van der Waals surface area (Å²) in [6.07, 6.45) is 4.43. The first-order valence-corrected chi connectivity index (χ1v) is 10.9. The summed E-state index contributed by atoms with van der Waals surface area (Å²) >= 11 is 12.0. The first kappa shape index (κ1) is 20.6. The standard InChI is InChI=1S/C24H22ClN3OS/c25-17-9-11-18(12-10-17)28-22(27)19(15-26)24(13-5-2-6-14-24)20(23(28)30)21(29)16-7-3-1-4-8-16/h1,3-4,7-12,20H,2,5-6,13-14,27H2. The Hall–Kier alpha value is -2.68. The van der Waals surface area contributed by atoms with Crippen molar-refractivity contribution in [2.45, 2.75) is 32.1 Å². The molecule has 2 N–H and O–H groups in total. The van der Waals surface area contributed by atoms with Crippen LogP contribution in [0.1, 0.15) is 42.5 Å². The van der Waals surface area contributed by atoms with Crippen molar-refractivity contribution in [1.29, 1.82) is 5.26 Å². The first-order chi connectivity index (χ1) is 14.5. The monoisotopic (exact) mass is 435 g/mol. The highest BCUT2D eigenvalue weighted by molar-refractivity contribution is 7.80. The minimum Gasteiger partial charge on any atom is -0.384 e. The Labute approximate surface area is 186 Å². The molecule has 2 aromatic rings. The highest BCUT2D eigenvalue weighted by Crippen LogP contribution is 2.53. The van der Waals surface area contributed by atoms with Gasteiger partial charge in [-0.2, -0.15) is 5.26 Å². The molecule has 0 radical (unpaired) electrons. The molecule has 0 saturated heterocycles. The average Bonchev–Trinajstić information content (AvgIpc) is 2.76. The smallest absolute Gasteiger partial charge is 0.173 e. The molecule has 0 amide bonds. The summed E-state index contributed by atoms with van der Waals surface area (Å²) in [5.74, 6) is -0.349. The molecule has 2 aliphatic rings. The molecule has 1 aliphatic heterocycles. The van der Waals surface area contributed by atoms with E-state index in [1.807, 2.05) is 30.3 Å². The van der Waals surface area contributed by atoms with Crippen LogP contribution < -0.4 is 10.6 Å². The van der Waals surface area contributed by atoms with Crippen LogP contribution in [0.15, 0.2) is 66.0 Å². The maximum atomic E-state index is 13.8. The molecule has 1 heterocycles. The lowest BCUT2D eigenvalue weighted by atomic mass is 9.58. The van der Waals surface area contributed by atoms with E-state index >= 15 is 0 Å². The lowest BCUT2D eigenvalue weighted by molar-refractivity contribution is 0.0824. The molecule has 6 heteroatoms. The van der Waals surface area contributed by atoms with E-state index in [1.54, 1.807) is 29.2 Å². The molecule has 1 spiro atoms. The normalized spacial score (nSPS) is 20.9. The number of anilines is 1. The average molecular weight is 436 g/mol. The molecule has 1 fully saturated rings. The van der Waals surface area contributed by atoms with Crippen molar-refractivity contribution in [2.75, 3.05) is 4.90 Å². The van der Waals surface area contributed by atoms with Gasteiger partial charge in [0, 0.05) is 21.7 Å². The van der Waals surface area contributed by atoms with Crippen molar-refractivity contribution >= 4 is 40.3 Å². The molecule has 1 unspecified atom stereocenters. The van der Waals surface area contributed by atoms with E-state index in [0.29, 0.717) is 32.7 Å². The summed E-state index contributed by atoms with van der Waals surface area (Å²) in [6.45, 7) is 0. The van der Waals surface area contributed by atoms with Crippen LogP contribution in [0.5, 0.6) is 0 Å². The SMILES string of the molecule is N#CC1=C(N)N(c2ccc(Cl)cc2)C(=S)C(C(=O)c2ccccc2)C12CCCCC2. The van der Waals surface area contributed by atoms with Crippen LogP contribution in [0.4, 0.5) is 5.69 Å². The fourth-order valence-electron chi connectivity index (χ4n) is 4.87. The number of nitriles is 1. The van der Waals surface area contributed by atoms with Crippen LogP contribution in [0, 0.1) is 22.7 Å². The minimum atomic E-state index is -0.649. The zero-order valence-corrected chi connectivity index (χ0v) is 18.0. The Morgan fingerprint density at radius 1 is 1.10 bits per heavy atom. The zero-order valence-electron chi connectivity index (χ0n) is 16.5. The van der Waals surface area contributed by atoms with Crippen molar-refractivity contribution < 1.29 is 4.79 Å². The van der Waals surface area contributed by atoms with Gasteiger partial charge >= 0.3 is 0 Å². The van der Waals surface area contributed by atoms with Crippen molar-refractivity contribution in [1.82, 2.24) is 0 Å². The van der Waals surface area contributed by atoms with E-state index in [0.717, 1.165) is 32.1 Å². The maximum Gasteiger partial charge on any atom is 0.173 e. The van der Waals surface area contributed by atoms with Gasteiger partial charge < -0.3 is 5.73 Å². The van der Waals surface area contributed by atoms with Gasteiger partial charge in [-0.3, -0.25) is 9.69 Å². The Morgan fingerprint density at radius 2 is 1.73 bits per heavy atom. The second-order valence-electron chi connectivity index (χ2n) is 7.90. The van der Waals surface area contributed by atoms with Crippen LogP contribution in [0.25, 0.3) is 0 Å². The Kier molecular flexibility index (Phi) is 5.64. The number of thiocarbonyl (C=S) groups is 1. The number of nitrogens with zero attached hydrogens (tertiary/aromatic N) is 2. The number of Topliss-reactive ketones (excluding diaryl/α,β-unsaturated/α-hetero) is 1. The molecule has 1 aliphatic carbocycles. The van der Waals surface area contributed by atoms with Gasteiger partial charge in [0.2, 0.25) is 0 Å². The van der Waals surface area contributed by atoms with Crippen LogP contribution >= 0.6 is 23.8 Å². The predicted octanol–water partition coefficient (Wildman–Crippen LogP) is 5.63. The molecule has 0 aromatic heterocycles. The second kappa shape index (κ2) is 8.22. The highest BCUT2D eigenvalue weighted by atomic mass is 35.5. The third-order valence-electron chi connectivity index (χ3n) is 6.28. The fraction of sp³-hybridized carbons (Fsp3) is 0.292. The van der Waals surface area contributed by atoms with Gasteiger partial charge in [0.1, 0.15) is 5.82 Å². The number of rotatable bonds is 3. The second-order valence-corrected chi connectivity index (χ2v) is 8.76. The molecule has 4 rings (SSSR count). The van der Waals surface area contributed by atoms with E-state index in [2.05, 4.69) is 6.07 Å². The summed E-state index contributed by atoms with van der Waals surface area (Å²) in [4.78, 5) is 15.9. The number of ketones is 1. The van der Waals surface area contributed by atoms with E-state index < -0.39 is 11.3 Å². The number of carbonyl (C=O) groups excluding carboxylic acids is 1. The molecule has 4 nitrogen and oxygen atoms in total. The van der Waals surface area contributed by atoms with E-state index in [-0.39, 0.29) is 5.78 Å². The number of halogens is 1. The summed E-state index contributed by atoms with van der Waals surface area (Å²) < 4.78 is 0. The van der Waals surface area contributed by atoms with E-state index in [1.165, 1.54) is 0 Å². The predicted molar refractivity (Wildman–Crippen MR) is 123 cm³/mol. The molecule has 2 aromatic carbocycles. The Bertz CT molecular complexity index is 1050. The molecule has 1 saturated carbocycles. The lowest BCUT2D eigenvalue weighted by Gasteiger charge is -2.49. The van der Waals surface area contributed by atoms with Crippen molar-refractivity contribution in [2.24, 2.45) is 17.1 Å². The first-order valence-electron chi connectivity index (χ1n) is 10.1. The third-order valence-corrected chi connectivity index (χ3v) is 6.95. The molecule has 1 atom stereocenters. The Balaban J connectivity index is 1.92. The van der Waals surface area contributed by atoms with Crippen molar-refractivity contribution in [3.05, 3.63) is 76.6 Å². The molecular formula is C24H22ClN3OS. The highest BCUT2D eigenvalue weighted by Gasteiger charge is 2.54. The van der Waals surface area contributed by atoms with Crippen molar-refractivity contribution in [3.63, 3.8) is 0 Å². The van der Waals surface area contributed by atoms with Gasteiger partial charge in [-0.1, -0.05) is 73.4 Å². The summed E-state index contributed by atoms with van der Waals surface area (Å²) in [7, 11) is 0. The largest absolute Gasteiger partial charge is 0.384 e. The molecule has 0 bridgehead atoms. The van der Waals surface area contributed by atoms with E-state index in [4.69, 9.17) is 29.6 Å². The zero-order chi connectivity index (χ0) is 21.3. The Morgan fingerprint density at radius 3 is 2.33 bits per heavy atom. The number of nitrogens with two attached hydrogens (primary N) is 1. The number of carbonyl (C=O) groups is 1. The number of hydrogen-bond donors (Lipinski definition) is 1. The van der Waals surface area contributed by atoms with Gasteiger partial charge in [0.25, 0.3) is 0 Å². The van der Waals surface area contributed by atoms with Crippen LogP contribution in [-0.4, -0.2) is 10.8 Å². The lowest BCUT2D eigenvalue weighted by Crippen LogP contribution is -2.55. The van der Waals surface area contributed by atoms with Gasteiger partial charge in [0.05, 0.1) is 22.5 Å². The quantitative estimate of drug-likeness (QED) is 0.499. The van der Waals surface area contributed by atoms with Crippen LogP contribution in [0.2, 0.25) is 5.02 Å². The summed E-state index contributed by atoms with van der Waals surface area (Å²) in [5.41, 5.74) is 7.68. The number of benzene rings is 2. The van der Waals surface area contributed by atoms with Crippen LogP contribution in [-0.2, 0) is 0 Å². The molecule has 30 heavy (non-hydrogen) atoms. The summed E-state index contributed by atoms with van der Waals surface area (Å²) in [5, 5.41) is 10.7. The van der Waals surface area contributed by atoms with Gasteiger partial charge in [-0.15, -0.1) is 0 Å². The minimum absolute atomic E-state index is 0.0540. The fourth-order valence-corrected chi connectivity index (χ4v) is 5.54. The van der Waals surface area contributed by atoms with Crippen LogP contribution in [0.3, 0.4) is 0 Å². The van der Waals surface area contributed by atoms with Crippen molar-refractivity contribution in [3.8, 4) is 6.07 Å². The topological polar surface area (TPSA) is 70.1 Å². The molecular weight excluding hydrogens is 414 g/mol. The van der Waals surface area contributed by atoms with E-state index in [9.17, 15) is 10.1 Å². The van der Waals surface area contributed by atoms with Gasteiger partial charge in [-0.05, 0) is 37.1 Å².